The van der Waals surface area contributed by atoms with Crippen LogP contribution in [0.25, 0.3) is 5.76 Å². The minimum atomic E-state index is -1.52. The Morgan fingerprint density at radius 2 is 1.81 bits per heavy atom. The second kappa shape index (κ2) is 5.90. The molecule has 2 heteroatoms. The lowest BCUT2D eigenvalue weighted by atomic mass is 10.1. The van der Waals surface area contributed by atoms with E-state index in [1.807, 2.05) is 6.07 Å². The van der Waals surface area contributed by atoms with E-state index < -0.39 is 8.32 Å². The highest BCUT2D eigenvalue weighted by Gasteiger charge is 2.18. The molecule has 0 saturated heterocycles. The Morgan fingerprint density at radius 1 is 1.19 bits per heavy atom. The van der Waals surface area contributed by atoms with Crippen molar-refractivity contribution in [3.05, 3.63) is 42.0 Å². The fourth-order valence-electron chi connectivity index (χ4n) is 1.43. The summed E-state index contributed by atoms with van der Waals surface area (Å²) in [5.74, 6) is 1.06. The van der Waals surface area contributed by atoms with Crippen LogP contribution in [-0.4, -0.2) is 8.32 Å². The van der Waals surface area contributed by atoms with Crippen LogP contribution in [0.15, 0.2) is 36.4 Å². The van der Waals surface area contributed by atoms with Gasteiger partial charge >= 0.3 is 0 Å². The molecule has 0 bridgehead atoms. The van der Waals surface area contributed by atoms with Crippen molar-refractivity contribution in [2.45, 2.75) is 39.4 Å². The number of hydrogen-bond acceptors (Lipinski definition) is 1. The van der Waals surface area contributed by atoms with E-state index in [2.05, 4.69) is 56.9 Å². The average molecular weight is 234 g/mol. The smallest absolute Gasteiger partial charge is 0.242 e. The Balaban J connectivity index is 2.89. The van der Waals surface area contributed by atoms with Crippen LogP contribution in [-0.2, 0) is 4.43 Å². The van der Waals surface area contributed by atoms with Crippen LogP contribution in [0, 0.1) is 0 Å². The molecule has 0 aromatic heterocycles. The summed E-state index contributed by atoms with van der Waals surface area (Å²) in [6.07, 6.45) is 4.45. The Hall–Kier alpha value is -1.02. The molecule has 1 aromatic carbocycles. The van der Waals surface area contributed by atoms with Gasteiger partial charge in [0.25, 0.3) is 0 Å². The molecule has 16 heavy (non-hydrogen) atoms. The first-order valence-corrected chi connectivity index (χ1v) is 9.38. The Kier molecular flexibility index (Phi) is 4.81. The van der Waals surface area contributed by atoms with E-state index in [0.29, 0.717) is 0 Å². The minimum Gasteiger partial charge on any atom is -0.544 e. The molecule has 0 unspecified atom stereocenters. The van der Waals surface area contributed by atoms with Gasteiger partial charge in [-0.15, -0.1) is 0 Å². The minimum absolute atomic E-state index is 1.06. The fourth-order valence-corrected chi connectivity index (χ4v) is 2.29. The number of allylic oxidation sites excluding steroid dienone is 1. The summed E-state index contributed by atoms with van der Waals surface area (Å²) in [5.41, 5.74) is 1.19. The molecule has 0 aliphatic rings. The molecule has 0 fully saturated rings. The van der Waals surface area contributed by atoms with Gasteiger partial charge in [-0.2, -0.15) is 0 Å². The highest BCUT2D eigenvalue weighted by atomic mass is 28.4. The number of benzene rings is 1. The predicted molar refractivity (Wildman–Crippen MR) is 73.8 cm³/mol. The molecule has 1 nitrogen and oxygen atoms in total. The summed E-state index contributed by atoms with van der Waals surface area (Å²) in [6, 6.07) is 10.4. The van der Waals surface area contributed by atoms with Crippen LogP contribution in [0.2, 0.25) is 19.6 Å². The van der Waals surface area contributed by atoms with E-state index in [9.17, 15) is 0 Å². The van der Waals surface area contributed by atoms with Crippen molar-refractivity contribution in [2.75, 3.05) is 0 Å². The van der Waals surface area contributed by atoms with Gasteiger partial charge in [0.05, 0.1) is 0 Å². The van der Waals surface area contributed by atoms with E-state index in [-0.39, 0.29) is 0 Å². The molecule has 0 aliphatic heterocycles. The predicted octanol–water partition coefficient (Wildman–Crippen LogP) is 4.68. The van der Waals surface area contributed by atoms with E-state index >= 15 is 0 Å². The van der Waals surface area contributed by atoms with E-state index in [1.165, 1.54) is 5.56 Å². The molecule has 1 rings (SSSR count). The summed E-state index contributed by atoms with van der Waals surface area (Å²) < 4.78 is 6.13. The molecule has 0 N–H and O–H groups in total. The van der Waals surface area contributed by atoms with Crippen molar-refractivity contribution >= 4 is 14.1 Å². The number of hydrogen-bond donors (Lipinski definition) is 0. The maximum Gasteiger partial charge on any atom is 0.242 e. The van der Waals surface area contributed by atoms with E-state index in [4.69, 9.17) is 4.43 Å². The van der Waals surface area contributed by atoms with Gasteiger partial charge in [0, 0.05) is 5.56 Å². The van der Waals surface area contributed by atoms with Crippen LogP contribution >= 0.6 is 0 Å². The number of unbranched alkanes of at least 4 members (excludes halogenated alkanes) is 1. The molecule has 1 aromatic rings. The molecular weight excluding hydrogens is 212 g/mol. The second-order valence-corrected chi connectivity index (χ2v) is 9.37. The third-order valence-electron chi connectivity index (χ3n) is 2.09. The summed E-state index contributed by atoms with van der Waals surface area (Å²) in [6.45, 7) is 8.84. The van der Waals surface area contributed by atoms with Crippen molar-refractivity contribution in [1.29, 1.82) is 0 Å². The monoisotopic (exact) mass is 234 g/mol. The zero-order chi connectivity index (χ0) is 12.0. The third kappa shape index (κ3) is 4.66. The van der Waals surface area contributed by atoms with Gasteiger partial charge in [0.15, 0.2) is 0 Å². The topological polar surface area (TPSA) is 9.23 Å². The summed E-state index contributed by atoms with van der Waals surface area (Å²) in [5, 5.41) is 0. The molecule has 88 valence electrons. The zero-order valence-electron chi connectivity index (χ0n) is 10.8. The highest BCUT2D eigenvalue weighted by Crippen LogP contribution is 2.21. The lowest BCUT2D eigenvalue weighted by Crippen LogP contribution is -2.24. The van der Waals surface area contributed by atoms with Crippen LogP contribution in [0.3, 0.4) is 0 Å². The van der Waals surface area contributed by atoms with E-state index in [0.717, 1.165) is 18.6 Å². The average Bonchev–Trinajstić information content (AvgIpc) is 2.24. The van der Waals surface area contributed by atoms with Crippen LogP contribution in [0.1, 0.15) is 25.3 Å². The Labute approximate surface area is 100 Å². The van der Waals surface area contributed by atoms with Crippen molar-refractivity contribution in [3.63, 3.8) is 0 Å². The van der Waals surface area contributed by atoms with Crippen LogP contribution in [0.4, 0.5) is 0 Å². The van der Waals surface area contributed by atoms with Gasteiger partial charge in [0.2, 0.25) is 8.32 Å². The van der Waals surface area contributed by atoms with Crippen LogP contribution in [0.5, 0.6) is 0 Å². The Bertz CT molecular complexity index is 336. The number of rotatable bonds is 5. The third-order valence-corrected chi connectivity index (χ3v) is 2.93. The molecule has 0 amide bonds. The van der Waals surface area contributed by atoms with Gasteiger partial charge in [-0.3, -0.25) is 0 Å². The quantitative estimate of drug-likeness (QED) is 0.531. The maximum atomic E-state index is 6.13. The van der Waals surface area contributed by atoms with Gasteiger partial charge < -0.3 is 4.43 Å². The van der Waals surface area contributed by atoms with Crippen molar-refractivity contribution < 1.29 is 4.43 Å². The largest absolute Gasteiger partial charge is 0.544 e. The molecule has 0 spiro atoms. The first-order valence-electron chi connectivity index (χ1n) is 5.97. The van der Waals surface area contributed by atoms with Crippen molar-refractivity contribution in [2.24, 2.45) is 0 Å². The van der Waals surface area contributed by atoms with Gasteiger partial charge in [-0.25, -0.2) is 0 Å². The lowest BCUT2D eigenvalue weighted by molar-refractivity contribution is 0.512. The van der Waals surface area contributed by atoms with Gasteiger partial charge in [-0.05, 0) is 32.1 Å². The fraction of sp³-hybridized carbons (Fsp3) is 0.429. The summed E-state index contributed by atoms with van der Waals surface area (Å²) in [4.78, 5) is 0. The Morgan fingerprint density at radius 3 is 2.31 bits per heavy atom. The summed E-state index contributed by atoms with van der Waals surface area (Å²) in [7, 11) is -1.52. The molecular formula is C14H22OSi. The second-order valence-electron chi connectivity index (χ2n) is 4.94. The lowest BCUT2D eigenvalue weighted by Gasteiger charge is -2.22. The highest BCUT2D eigenvalue weighted by molar-refractivity contribution is 6.70. The first-order chi connectivity index (χ1) is 7.53. The molecule has 0 saturated carbocycles. The molecule has 0 atom stereocenters. The normalized spacial score (nSPS) is 12.6. The maximum absolute atomic E-state index is 6.13. The van der Waals surface area contributed by atoms with Gasteiger partial charge in [-0.1, -0.05) is 43.7 Å². The molecule has 0 heterocycles. The SMILES string of the molecule is CCC/C=C(/O[Si](C)(C)C)c1ccccc1. The first kappa shape index (κ1) is 13.0. The molecule has 0 radical (unpaired) electrons. The zero-order valence-corrected chi connectivity index (χ0v) is 11.8. The summed E-state index contributed by atoms with van der Waals surface area (Å²) >= 11 is 0. The van der Waals surface area contributed by atoms with Crippen LogP contribution < -0.4 is 0 Å². The van der Waals surface area contributed by atoms with Crippen molar-refractivity contribution in [3.8, 4) is 0 Å². The standard InChI is InChI=1S/C14H22OSi/c1-5-6-12-14(15-16(2,3)4)13-10-8-7-9-11-13/h7-12H,5-6H2,1-4H3/b14-12+. The van der Waals surface area contributed by atoms with Crippen molar-refractivity contribution in [1.82, 2.24) is 0 Å². The van der Waals surface area contributed by atoms with Gasteiger partial charge in [0.1, 0.15) is 5.76 Å². The van der Waals surface area contributed by atoms with E-state index in [1.54, 1.807) is 0 Å². The molecule has 0 aliphatic carbocycles.